The zero-order valence-electron chi connectivity index (χ0n) is 14.5. The van der Waals surface area contributed by atoms with E-state index < -0.39 is 0 Å². The van der Waals surface area contributed by atoms with Crippen molar-refractivity contribution in [3.8, 4) is 5.75 Å². The van der Waals surface area contributed by atoms with E-state index in [1.165, 1.54) is 0 Å². The van der Waals surface area contributed by atoms with Gasteiger partial charge >= 0.3 is 0 Å². The average molecular weight is 425 g/mol. The summed E-state index contributed by atoms with van der Waals surface area (Å²) in [4.78, 5) is 24.8. The fraction of sp³-hybridized carbons (Fsp3) is 0.0476. The predicted molar refractivity (Wildman–Crippen MR) is 109 cm³/mol. The highest BCUT2D eigenvalue weighted by atomic mass is 79.9. The van der Waals surface area contributed by atoms with Gasteiger partial charge in [-0.25, -0.2) is 0 Å². The van der Waals surface area contributed by atoms with Gasteiger partial charge in [-0.3, -0.25) is 9.59 Å². The Labute approximate surface area is 165 Å². The molecule has 2 N–H and O–H groups in total. The third-order valence-corrected chi connectivity index (χ3v) is 4.54. The number of nitrogens with one attached hydrogen (secondary N) is 2. The van der Waals surface area contributed by atoms with Gasteiger partial charge in [0.25, 0.3) is 11.8 Å². The molecule has 0 saturated heterocycles. The molecule has 3 aromatic rings. The fourth-order valence-electron chi connectivity index (χ4n) is 2.46. The molecule has 0 bridgehead atoms. The van der Waals surface area contributed by atoms with Gasteiger partial charge in [0.2, 0.25) is 0 Å². The summed E-state index contributed by atoms with van der Waals surface area (Å²) in [5.41, 5.74) is 2.22. The van der Waals surface area contributed by atoms with Crippen LogP contribution >= 0.6 is 15.9 Å². The van der Waals surface area contributed by atoms with Crippen LogP contribution in [0.3, 0.4) is 0 Å². The zero-order chi connectivity index (χ0) is 19.2. The second kappa shape index (κ2) is 8.51. The lowest BCUT2D eigenvalue weighted by Gasteiger charge is -2.10. The lowest BCUT2D eigenvalue weighted by molar-refractivity contribution is 0.101. The lowest BCUT2D eigenvalue weighted by Crippen LogP contribution is -2.14. The minimum atomic E-state index is -0.244. The molecular formula is C21H17BrN2O3. The molecule has 0 radical (unpaired) electrons. The number of halogens is 1. The summed E-state index contributed by atoms with van der Waals surface area (Å²) in [7, 11) is 1.57. The Balaban J connectivity index is 1.70. The Kier molecular flexibility index (Phi) is 5.88. The van der Waals surface area contributed by atoms with Crippen LogP contribution in [0.25, 0.3) is 0 Å². The van der Waals surface area contributed by atoms with Crippen molar-refractivity contribution in [2.45, 2.75) is 0 Å². The highest BCUT2D eigenvalue weighted by Gasteiger charge is 2.11. The van der Waals surface area contributed by atoms with Crippen molar-refractivity contribution in [1.82, 2.24) is 0 Å². The van der Waals surface area contributed by atoms with Gasteiger partial charge in [0.1, 0.15) is 5.75 Å². The molecule has 0 aliphatic heterocycles. The van der Waals surface area contributed by atoms with Crippen molar-refractivity contribution in [3.05, 3.63) is 88.4 Å². The Morgan fingerprint density at radius 2 is 1.44 bits per heavy atom. The molecule has 3 rings (SSSR count). The van der Waals surface area contributed by atoms with Crippen molar-refractivity contribution in [2.24, 2.45) is 0 Å². The molecule has 3 aromatic carbocycles. The van der Waals surface area contributed by atoms with E-state index in [1.54, 1.807) is 73.8 Å². The first kappa shape index (κ1) is 18.7. The maximum atomic E-state index is 12.4. The second-order valence-electron chi connectivity index (χ2n) is 5.70. The first-order chi connectivity index (χ1) is 13.1. The SMILES string of the molecule is COc1ccc(C(=O)Nc2cccc(NC(=O)c3ccccc3Br)c2)cc1. The van der Waals surface area contributed by atoms with Gasteiger partial charge in [0.15, 0.2) is 0 Å². The monoisotopic (exact) mass is 424 g/mol. The quantitative estimate of drug-likeness (QED) is 0.607. The summed E-state index contributed by atoms with van der Waals surface area (Å²) >= 11 is 3.37. The standard InChI is InChI=1S/C21H17BrN2O3/c1-27-17-11-9-14(10-12-17)20(25)23-15-5-4-6-16(13-15)24-21(26)18-7-2-3-8-19(18)22/h2-13H,1H3,(H,23,25)(H,24,26). The van der Waals surface area contributed by atoms with E-state index >= 15 is 0 Å². The third kappa shape index (κ3) is 4.74. The third-order valence-electron chi connectivity index (χ3n) is 3.85. The van der Waals surface area contributed by atoms with E-state index in [4.69, 9.17) is 4.74 Å². The molecule has 0 heterocycles. The maximum Gasteiger partial charge on any atom is 0.256 e. The van der Waals surface area contributed by atoms with Gasteiger partial charge in [-0.1, -0.05) is 18.2 Å². The normalized spacial score (nSPS) is 10.1. The summed E-state index contributed by atoms with van der Waals surface area (Å²) in [5.74, 6) is 0.205. The van der Waals surface area contributed by atoms with Crippen LogP contribution in [-0.4, -0.2) is 18.9 Å². The smallest absolute Gasteiger partial charge is 0.256 e. The van der Waals surface area contributed by atoms with Crippen LogP contribution in [0.5, 0.6) is 5.75 Å². The van der Waals surface area contributed by atoms with Gasteiger partial charge in [0.05, 0.1) is 12.7 Å². The highest BCUT2D eigenvalue weighted by Crippen LogP contribution is 2.20. The van der Waals surface area contributed by atoms with E-state index in [2.05, 4.69) is 26.6 Å². The predicted octanol–water partition coefficient (Wildman–Crippen LogP) is 4.96. The van der Waals surface area contributed by atoms with E-state index in [-0.39, 0.29) is 11.8 Å². The van der Waals surface area contributed by atoms with Crippen LogP contribution in [0.1, 0.15) is 20.7 Å². The van der Waals surface area contributed by atoms with Gasteiger partial charge in [-0.2, -0.15) is 0 Å². The van der Waals surface area contributed by atoms with Crippen LogP contribution in [0.15, 0.2) is 77.3 Å². The van der Waals surface area contributed by atoms with Crippen molar-refractivity contribution < 1.29 is 14.3 Å². The molecule has 0 aliphatic rings. The van der Waals surface area contributed by atoms with Gasteiger partial charge in [-0.15, -0.1) is 0 Å². The van der Waals surface area contributed by atoms with Gasteiger partial charge < -0.3 is 15.4 Å². The largest absolute Gasteiger partial charge is 0.497 e. The molecule has 0 fully saturated rings. The second-order valence-corrected chi connectivity index (χ2v) is 6.55. The molecular weight excluding hydrogens is 408 g/mol. The van der Waals surface area contributed by atoms with Crippen LogP contribution in [0.2, 0.25) is 0 Å². The number of methoxy groups -OCH3 is 1. The van der Waals surface area contributed by atoms with Crippen LogP contribution in [-0.2, 0) is 0 Å². The van der Waals surface area contributed by atoms with Crippen molar-refractivity contribution in [1.29, 1.82) is 0 Å². The molecule has 0 unspecified atom stereocenters. The lowest BCUT2D eigenvalue weighted by atomic mass is 10.2. The van der Waals surface area contributed by atoms with Crippen LogP contribution in [0, 0.1) is 0 Å². The fourth-order valence-corrected chi connectivity index (χ4v) is 2.93. The number of carbonyl (C=O) groups is 2. The Morgan fingerprint density at radius 3 is 2.07 bits per heavy atom. The Bertz CT molecular complexity index is 971. The number of hydrogen-bond acceptors (Lipinski definition) is 3. The molecule has 0 aliphatic carbocycles. The van der Waals surface area contributed by atoms with Crippen LogP contribution in [0.4, 0.5) is 11.4 Å². The number of hydrogen-bond donors (Lipinski definition) is 2. The number of anilines is 2. The summed E-state index contributed by atoms with van der Waals surface area (Å²) in [6.45, 7) is 0. The van der Waals surface area contributed by atoms with Crippen molar-refractivity contribution in [3.63, 3.8) is 0 Å². The Morgan fingerprint density at radius 1 is 0.815 bits per heavy atom. The molecule has 5 nitrogen and oxygen atoms in total. The topological polar surface area (TPSA) is 67.4 Å². The molecule has 0 saturated carbocycles. The molecule has 0 spiro atoms. The zero-order valence-corrected chi connectivity index (χ0v) is 16.1. The molecule has 0 aromatic heterocycles. The number of amides is 2. The van der Waals surface area contributed by atoms with E-state index in [9.17, 15) is 9.59 Å². The van der Waals surface area contributed by atoms with Crippen molar-refractivity contribution in [2.75, 3.05) is 17.7 Å². The minimum absolute atomic E-state index is 0.235. The minimum Gasteiger partial charge on any atom is -0.497 e. The first-order valence-corrected chi connectivity index (χ1v) is 8.97. The number of ether oxygens (including phenoxy) is 1. The number of rotatable bonds is 5. The number of carbonyl (C=O) groups excluding carboxylic acids is 2. The van der Waals surface area contributed by atoms with E-state index in [0.29, 0.717) is 32.7 Å². The van der Waals surface area contributed by atoms with Gasteiger partial charge in [-0.05, 0) is 70.5 Å². The Hall–Kier alpha value is -3.12. The van der Waals surface area contributed by atoms with Crippen molar-refractivity contribution >= 4 is 39.1 Å². The first-order valence-electron chi connectivity index (χ1n) is 8.18. The molecule has 136 valence electrons. The molecule has 6 heteroatoms. The summed E-state index contributed by atoms with van der Waals surface area (Å²) in [6.07, 6.45) is 0. The number of benzene rings is 3. The highest BCUT2D eigenvalue weighted by molar-refractivity contribution is 9.10. The summed E-state index contributed by atoms with van der Waals surface area (Å²) < 4.78 is 5.80. The summed E-state index contributed by atoms with van der Waals surface area (Å²) in [5, 5.41) is 5.65. The average Bonchev–Trinajstić information content (AvgIpc) is 2.68. The van der Waals surface area contributed by atoms with Gasteiger partial charge in [0, 0.05) is 21.4 Å². The molecule has 0 atom stereocenters. The maximum absolute atomic E-state index is 12.4. The summed E-state index contributed by atoms with van der Waals surface area (Å²) in [6, 6.07) is 21.0. The molecule has 27 heavy (non-hydrogen) atoms. The van der Waals surface area contributed by atoms with Crippen LogP contribution < -0.4 is 15.4 Å². The van der Waals surface area contributed by atoms with E-state index in [1.807, 2.05) is 6.07 Å². The van der Waals surface area contributed by atoms with E-state index in [0.717, 1.165) is 0 Å². The molecule has 2 amide bonds.